The minimum Gasteiger partial charge on any atom is -0.465 e. The summed E-state index contributed by atoms with van der Waals surface area (Å²) in [6.45, 7) is 6.59. The van der Waals surface area contributed by atoms with Crippen molar-refractivity contribution in [1.82, 2.24) is 0 Å². The first-order valence-corrected chi connectivity index (χ1v) is 7.95. The van der Waals surface area contributed by atoms with Crippen LogP contribution in [0.25, 0.3) is 0 Å². The molecule has 118 valence electrons. The first kappa shape index (κ1) is 15.3. The third-order valence-electron chi connectivity index (χ3n) is 5.29. The quantitative estimate of drug-likeness (QED) is 0.603. The molecule has 0 spiro atoms. The Bertz CT molecular complexity index is 598. The Labute approximate surface area is 132 Å². The third kappa shape index (κ3) is 2.58. The second kappa shape index (κ2) is 5.54. The van der Waals surface area contributed by atoms with Crippen LogP contribution >= 0.6 is 0 Å². The lowest BCUT2D eigenvalue weighted by Gasteiger charge is -2.49. The molecule has 3 nitrogen and oxygen atoms in total. The average molecular weight is 300 g/mol. The maximum absolute atomic E-state index is 11.6. The van der Waals surface area contributed by atoms with Crippen LogP contribution < -0.4 is 0 Å². The number of ether oxygens (including phenoxy) is 2. The first-order valence-electron chi connectivity index (χ1n) is 7.95. The highest BCUT2D eigenvalue weighted by Crippen LogP contribution is 2.50. The van der Waals surface area contributed by atoms with Crippen LogP contribution in [0.15, 0.2) is 35.9 Å². The number of carbonyl (C=O) groups is 1. The molecule has 1 aromatic rings. The number of esters is 1. The van der Waals surface area contributed by atoms with Gasteiger partial charge in [0.15, 0.2) is 0 Å². The number of hydrogen-bond donors (Lipinski definition) is 0. The molecule has 2 aliphatic rings. The van der Waals surface area contributed by atoms with Crippen LogP contribution in [-0.2, 0) is 9.47 Å². The van der Waals surface area contributed by atoms with Crippen LogP contribution in [0.5, 0.6) is 0 Å². The van der Waals surface area contributed by atoms with Gasteiger partial charge in [-0.1, -0.05) is 23.8 Å². The summed E-state index contributed by atoms with van der Waals surface area (Å²) in [5, 5.41) is 0. The van der Waals surface area contributed by atoms with E-state index in [-0.39, 0.29) is 17.7 Å². The van der Waals surface area contributed by atoms with Gasteiger partial charge in [-0.25, -0.2) is 4.79 Å². The summed E-state index contributed by atoms with van der Waals surface area (Å²) in [6, 6.07) is 7.64. The minimum absolute atomic E-state index is 0.0643. The molecule has 0 saturated carbocycles. The fourth-order valence-electron chi connectivity index (χ4n) is 3.73. The fraction of sp³-hybridized carbons (Fsp3) is 0.526. The zero-order chi connectivity index (χ0) is 15.9. The molecule has 0 unspecified atom stereocenters. The Morgan fingerprint density at radius 2 is 1.95 bits per heavy atom. The van der Waals surface area contributed by atoms with Crippen molar-refractivity contribution in [2.75, 3.05) is 7.11 Å². The Kier molecular flexibility index (Phi) is 3.85. The van der Waals surface area contributed by atoms with Crippen molar-refractivity contribution in [1.29, 1.82) is 0 Å². The van der Waals surface area contributed by atoms with Crippen LogP contribution in [0.4, 0.5) is 0 Å². The van der Waals surface area contributed by atoms with Crippen LogP contribution in [0.3, 0.4) is 0 Å². The molecule has 1 aromatic carbocycles. The molecule has 1 aliphatic carbocycles. The smallest absolute Gasteiger partial charge is 0.337 e. The van der Waals surface area contributed by atoms with Gasteiger partial charge in [-0.05, 0) is 57.2 Å². The van der Waals surface area contributed by atoms with Crippen molar-refractivity contribution >= 4 is 5.97 Å². The predicted molar refractivity (Wildman–Crippen MR) is 85.7 cm³/mol. The zero-order valence-electron chi connectivity index (χ0n) is 13.8. The number of rotatable bonds is 2. The summed E-state index contributed by atoms with van der Waals surface area (Å²) in [6.07, 6.45) is 4.73. The van der Waals surface area contributed by atoms with Gasteiger partial charge in [0, 0.05) is 5.92 Å². The van der Waals surface area contributed by atoms with E-state index in [4.69, 9.17) is 9.47 Å². The lowest BCUT2D eigenvalue weighted by atomic mass is 9.69. The van der Waals surface area contributed by atoms with Crippen LogP contribution in [0.1, 0.15) is 55.6 Å². The number of hydrogen-bond acceptors (Lipinski definition) is 3. The molecule has 1 fully saturated rings. The third-order valence-corrected chi connectivity index (χ3v) is 5.29. The van der Waals surface area contributed by atoms with Gasteiger partial charge in [-0.3, -0.25) is 0 Å². The van der Waals surface area contributed by atoms with Gasteiger partial charge >= 0.3 is 5.97 Å². The summed E-state index contributed by atoms with van der Waals surface area (Å²) < 4.78 is 11.2. The van der Waals surface area contributed by atoms with E-state index in [0.29, 0.717) is 17.4 Å². The van der Waals surface area contributed by atoms with Gasteiger partial charge < -0.3 is 9.47 Å². The molecule has 0 amide bonds. The van der Waals surface area contributed by atoms with Gasteiger partial charge in [0.05, 0.1) is 24.4 Å². The lowest BCUT2D eigenvalue weighted by Crippen LogP contribution is -2.45. The maximum Gasteiger partial charge on any atom is 0.337 e. The van der Waals surface area contributed by atoms with Crippen molar-refractivity contribution < 1.29 is 14.3 Å². The molecule has 0 N–H and O–H groups in total. The van der Waals surface area contributed by atoms with Gasteiger partial charge in [-0.2, -0.15) is 0 Å². The van der Waals surface area contributed by atoms with Crippen LogP contribution in [-0.4, -0.2) is 18.7 Å². The summed E-state index contributed by atoms with van der Waals surface area (Å²) in [5.74, 6) is 0.729. The SMILES string of the molecule is COC(=O)c1ccc([C@@H]2OC(C)(C)[C@@H]3CC=C(C)[C@H]2C3)cc1. The summed E-state index contributed by atoms with van der Waals surface area (Å²) in [5.41, 5.74) is 3.03. The van der Waals surface area contributed by atoms with E-state index in [2.05, 4.69) is 26.8 Å². The Morgan fingerprint density at radius 1 is 1.27 bits per heavy atom. The Balaban J connectivity index is 1.91. The van der Waals surface area contributed by atoms with Gasteiger partial charge in [0.2, 0.25) is 0 Å². The highest BCUT2D eigenvalue weighted by molar-refractivity contribution is 5.89. The molecule has 3 atom stereocenters. The first-order chi connectivity index (χ1) is 10.4. The normalized spacial score (nSPS) is 29.6. The number of allylic oxidation sites excluding steroid dienone is 1. The standard InChI is InChI=1S/C19H24O3/c1-12-5-10-15-11-16(12)17(22-19(15,2)3)13-6-8-14(9-7-13)18(20)21-4/h5-9,15-17H,10-11H2,1-4H3/t15-,16-,17+/m1/s1. The van der Waals surface area contributed by atoms with E-state index in [1.54, 1.807) is 0 Å². The monoisotopic (exact) mass is 300 g/mol. The van der Waals surface area contributed by atoms with E-state index < -0.39 is 0 Å². The maximum atomic E-state index is 11.6. The molecular formula is C19H24O3. The molecule has 0 aromatic heterocycles. The summed E-state index contributed by atoms with van der Waals surface area (Å²) >= 11 is 0. The zero-order valence-corrected chi connectivity index (χ0v) is 13.8. The van der Waals surface area contributed by atoms with Crippen molar-refractivity contribution in [2.45, 2.75) is 45.3 Å². The molecule has 2 bridgehead atoms. The number of fused-ring (bicyclic) bond motifs is 2. The Morgan fingerprint density at radius 3 is 2.59 bits per heavy atom. The largest absolute Gasteiger partial charge is 0.465 e. The molecule has 1 aliphatic heterocycles. The van der Waals surface area contributed by atoms with Crippen LogP contribution in [0.2, 0.25) is 0 Å². The van der Waals surface area contributed by atoms with Crippen molar-refractivity contribution in [2.24, 2.45) is 11.8 Å². The molecular weight excluding hydrogens is 276 g/mol. The van der Waals surface area contributed by atoms with Crippen molar-refractivity contribution in [3.05, 3.63) is 47.0 Å². The van der Waals surface area contributed by atoms with Crippen molar-refractivity contribution in [3.63, 3.8) is 0 Å². The Hall–Kier alpha value is -1.61. The minimum atomic E-state index is -0.301. The topological polar surface area (TPSA) is 35.5 Å². The summed E-state index contributed by atoms with van der Waals surface area (Å²) in [7, 11) is 1.40. The van der Waals surface area contributed by atoms with Gasteiger partial charge in [-0.15, -0.1) is 0 Å². The van der Waals surface area contributed by atoms with E-state index >= 15 is 0 Å². The molecule has 0 radical (unpaired) electrons. The number of benzene rings is 1. The van der Waals surface area contributed by atoms with Gasteiger partial charge in [0.1, 0.15) is 0 Å². The molecule has 1 heterocycles. The number of methoxy groups -OCH3 is 1. The van der Waals surface area contributed by atoms with E-state index in [1.807, 2.05) is 24.3 Å². The fourth-order valence-corrected chi connectivity index (χ4v) is 3.73. The number of carbonyl (C=O) groups excluding carboxylic acids is 1. The second-order valence-corrected chi connectivity index (χ2v) is 6.98. The highest BCUT2D eigenvalue weighted by atomic mass is 16.5. The van der Waals surface area contributed by atoms with Gasteiger partial charge in [0.25, 0.3) is 0 Å². The van der Waals surface area contributed by atoms with E-state index in [0.717, 1.165) is 12.0 Å². The molecule has 22 heavy (non-hydrogen) atoms. The average Bonchev–Trinajstić information content (AvgIpc) is 2.52. The van der Waals surface area contributed by atoms with Crippen molar-refractivity contribution in [3.8, 4) is 0 Å². The van der Waals surface area contributed by atoms with E-state index in [9.17, 15) is 4.79 Å². The van der Waals surface area contributed by atoms with Crippen LogP contribution in [0, 0.1) is 11.8 Å². The predicted octanol–water partition coefficient (Wildman–Crippen LogP) is 4.30. The lowest BCUT2D eigenvalue weighted by molar-refractivity contribution is -0.166. The molecule has 3 rings (SSSR count). The molecule has 1 saturated heterocycles. The van der Waals surface area contributed by atoms with E-state index in [1.165, 1.54) is 19.1 Å². The molecule has 3 heteroatoms. The highest BCUT2D eigenvalue weighted by Gasteiger charge is 2.45. The summed E-state index contributed by atoms with van der Waals surface area (Å²) in [4.78, 5) is 11.6. The second-order valence-electron chi connectivity index (χ2n) is 6.98.